The molecule has 308 valence electrons. The maximum Gasteiger partial charge on any atom is 0.0701 e. The van der Waals surface area contributed by atoms with E-state index in [1.54, 1.807) is 0 Å². The molecule has 10 aromatic carbocycles. The average molecular weight is 831 g/mol. The summed E-state index contributed by atoms with van der Waals surface area (Å²) in [6, 6.07) is 89.6. The molecule has 2 aromatic heterocycles. The Labute approximate surface area is 379 Å². The van der Waals surface area contributed by atoms with Crippen LogP contribution in [0, 0.1) is 13.8 Å². The number of fused-ring (bicyclic) bond motifs is 6. The number of aromatic nitrogens is 2. The Kier molecular flexibility index (Phi) is 9.21. The molecule has 0 aliphatic rings. The summed E-state index contributed by atoms with van der Waals surface area (Å²) in [5.41, 5.74) is 18.7. The molecule has 12 aromatic rings. The first-order valence-electron chi connectivity index (χ1n) is 22.6. The second-order valence-corrected chi connectivity index (χ2v) is 17.5. The predicted molar refractivity (Wildman–Crippen MR) is 274 cm³/mol. The first-order valence-corrected chi connectivity index (χ1v) is 22.6. The SMILES string of the molecule is Cc1ccc2c(c1)c1cc(-c3ccccc3)ccc1n2-c1ccc(C(c2ccccc2)(c2ccccc2)c2ccc(-n3c4ccc(C)cc4c4cc(-c5ccccc5)ccc43)cc2)cc1. The minimum Gasteiger partial charge on any atom is -0.309 e. The monoisotopic (exact) mass is 830 g/mol. The van der Waals surface area contributed by atoms with Crippen LogP contribution in [0.4, 0.5) is 0 Å². The van der Waals surface area contributed by atoms with Gasteiger partial charge in [-0.25, -0.2) is 0 Å². The highest BCUT2D eigenvalue weighted by Gasteiger charge is 2.38. The summed E-state index contributed by atoms with van der Waals surface area (Å²) in [6.07, 6.45) is 0. The Morgan fingerprint density at radius 1 is 0.262 bits per heavy atom. The van der Waals surface area contributed by atoms with Crippen LogP contribution in [0.2, 0.25) is 0 Å². The summed E-state index contributed by atoms with van der Waals surface area (Å²) in [5, 5.41) is 5.04. The van der Waals surface area contributed by atoms with Gasteiger partial charge in [-0.05, 0) is 131 Å². The number of nitrogens with zero attached hydrogens (tertiary/aromatic N) is 2. The average Bonchev–Trinajstić information content (AvgIpc) is 3.87. The van der Waals surface area contributed by atoms with E-state index in [-0.39, 0.29) is 0 Å². The van der Waals surface area contributed by atoms with Crippen LogP contribution in [-0.2, 0) is 5.41 Å². The van der Waals surface area contributed by atoms with Crippen molar-refractivity contribution in [2.75, 3.05) is 0 Å². The van der Waals surface area contributed by atoms with E-state index in [0.29, 0.717) is 0 Å². The van der Waals surface area contributed by atoms with Crippen molar-refractivity contribution in [3.63, 3.8) is 0 Å². The molecule has 0 aliphatic carbocycles. The maximum atomic E-state index is 2.43. The molecule has 0 spiro atoms. The van der Waals surface area contributed by atoms with Crippen molar-refractivity contribution in [2.24, 2.45) is 0 Å². The summed E-state index contributed by atoms with van der Waals surface area (Å²) < 4.78 is 4.86. The molecule has 0 saturated carbocycles. The smallest absolute Gasteiger partial charge is 0.0701 e. The molecule has 0 amide bonds. The molecule has 0 fully saturated rings. The molecule has 2 heterocycles. The fourth-order valence-electron chi connectivity index (χ4n) is 10.5. The van der Waals surface area contributed by atoms with Crippen molar-refractivity contribution in [3.8, 4) is 33.6 Å². The van der Waals surface area contributed by atoms with Crippen LogP contribution in [0.25, 0.3) is 77.2 Å². The highest BCUT2D eigenvalue weighted by atomic mass is 15.0. The molecule has 0 N–H and O–H groups in total. The largest absolute Gasteiger partial charge is 0.309 e. The first-order chi connectivity index (χ1) is 32.0. The maximum absolute atomic E-state index is 2.43. The van der Waals surface area contributed by atoms with Crippen molar-refractivity contribution >= 4 is 43.6 Å². The van der Waals surface area contributed by atoms with E-state index >= 15 is 0 Å². The molecule has 2 nitrogen and oxygen atoms in total. The lowest BCUT2D eigenvalue weighted by atomic mass is 9.65. The van der Waals surface area contributed by atoms with Crippen LogP contribution in [0.3, 0.4) is 0 Å². The van der Waals surface area contributed by atoms with E-state index in [1.165, 1.54) is 99.2 Å². The Morgan fingerprint density at radius 2 is 0.569 bits per heavy atom. The quantitative estimate of drug-likeness (QED) is 0.135. The summed E-state index contributed by atoms with van der Waals surface area (Å²) in [7, 11) is 0. The zero-order valence-electron chi connectivity index (χ0n) is 36.5. The third-order valence-corrected chi connectivity index (χ3v) is 13.6. The second kappa shape index (κ2) is 15.6. The van der Waals surface area contributed by atoms with Gasteiger partial charge in [0.2, 0.25) is 0 Å². The van der Waals surface area contributed by atoms with Gasteiger partial charge in [0.05, 0.1) is 27.5 Å². The summed E-state index contributed by atoms with van der Waals surface area (Å²) in [6.45, 7) is 4.37. The van der Waals surface area contributed by atoms with E-state index in [1.807, 2.05) is 0 Å². The Hall–Kier alpha value is -8.20. The third kappa shape index (κ3) is 6.32. The van der Waals surface area contributed by atoms with E-state index in [2.05, 4.69) is 266 Å². The van der Waals surface area contributed by atoms with Crippen LogP contribution in [-0.4, -0.2) is 9.13 Å². The number of hydrogen-bond acceptors (Lipinski definition) is 0. The fourth-order valence-corrected chi connectivity index (χ4v) is 10.5. The van der Waals surface area contributed by atoms with E-state index in [0.717, 1.165) is 11.4 Å². The molecule has 0 saturated heterocycles. The van der Waals surface area contributed by atoms with Crippen LogP contribution >= 0.6 is 0 Å². The zero-order valence-corrected chi connectivity index (χ0v) is 36.5. The summed E-state index contributed by atoms with van der Waals surface area (Å²) >= 11 is 0. The van der Waals surface area contributed by atoms with Crippen molar-refractivity contribution in [1.82, 2.24) is 9.13 Å². The molecule has 0 aliphatic heterocycles. The fraction of sp³-hybridized carbons (Fsp3) is 0.0476. The van der Waals surface area contributed by atoms with Gasteiger partial charge < -0.3 is 9.13 Å². The van der Waals surface area contributed by atoms with E-state index < -0.39 is 5.41 Å². The van der Waals surface area contributed by atoms with Crippen molar-refractivity contribution < 1.29 is 0 Å². The molecule has 0 unspecified atom stereocenters. The highest BCUT2D eigenvalue weighted by Crippen LogP contribution is 2.46. The van der Waals surface area contributed by atoms with Crippen LogP contribution in [0.1, 0.15) is 33.4 Å². The number of aryl methyl sites for hydroxylation is 2. The number of benzene rings is 10. The molecule has 65 heavy (non-hydrogen) atoms. The normalized spacial score (nSPS) is 11.8. The molecule has 0 radical (unpaired) electrons. The van der Waals surface area contributed by atoms with Crippen LogP contribution in [0.5, 0.6) is 0 Å². The Bertz CT molecular complexity index is 3430. The minimum atomic E-state index is -0.607. The van der Waals surface area contributed by atoms with Gasteiger partial charge in [0.15, 0.2) is 0 Å². The van der Waals surface area contributed by atoms with Gasteiger partial charge in [-0.3, -0.25) is 0 Å². The highest BCUT2D eigenvalue weighted by molar-refractivity contribution is 6.12. The minimum absolute atomic E-state index is 0.607. The molecule has 2 heteroatoms. The predicted octanol–water partition coefficient (Wildman–Crippen LogP) is 16.2. The van der Waals surface area contributed by atoms with E-state index in [4.69, 9.17) is 0 Å². The van der Waals surface area contributed by atoms with Gasteiger partial charge in [0.1, 0.15) is 0 Å². The van der Waals surface area contributed by atoms with Gasteiger partial charge in [-0.2, -0.15) is 0 Å². The van der Waals surface area contributed by atoms with Gasteiger partial charge >= 0.3 is 0 Å². The standard InChI is InChI=1S/C63H46N2/c1-43-23-35-59-55(39-43)57-41-47(45-15-7-3-8-16-45)25-37-61(57)64(59)53-31-27-51(28-32-53)63(49-19-11-5-12-20-49,50-21-13-6-14-22-50)52-29-33-54(34-30-52)65-60-36-24-44(2)40-56(60)58-42-48(26-38-62(58)65)46-17-9-4-10-18-46/h3-42H,1-2H3. The number of rotatable bonds is 8. The molecule has 0 bridgehead atoms. The zero-order chi connectivity index (χ0) is 43.5. The number of hydrogen-bond donors (Lipinski definition) is 0. The van der Waals surface area contributed by atoms with Gasteiger partial charge in [0.25, 0.3) is 0 Å². The Balaban J connectivity index is 1.02. The molecule has 0 atom stereocenters. The van der Waals surface area contributed by atoms with Gasteiger partial charge in [-0.15, -0.1) is 0 Å². The van der Waals surface area contributed by atoms with Crippen molar-refractivity contribution in [3.05, 3.63) is 276 Å². The lowest BCUT2D eigenvalue weighted by Gasteiger charge is -2.37. The third-order valence-electron chi connectivity index (χ3n) is 13.6. The van der Waals surface area contributed by atoms with Crippen molar-refractivity contribution in [2.45, 2.75) is 19.3 Å². The first kappa shape index (κ1) is 38.5. The summed E-state index contributed by atoms with van der Waals surface area (Å²) in [4.78, 5) is 0. The Morgan fingerprint density at radius 3 is 0.938 bits per heavy atom. The molecule has 12 rings (SSSR count). The van der Waals surface area contributed by atoms with E-state index in [9.17, 15) is 0 Å². The molecular formula is C63H46N2. The molecular weight excluding hydrogens is 785 g/mol. The van der Waals surface area contributed by atoms with Crippen LogP contribution in [0.15, 0.2) is 243 Å². The topological polar surface area (TPSA) is 9.86 Å². The van der Waals surface area contributed by atoms with Crippen LogP contribution < -0.4 is 0 Å². The lowest BCUT2D eigenvalue weighted by Crippen LogP contribution is -2.31. The second-order valence-electron chi connectivity index (χ2n) is 17.5. The summed E-state index contributed by atoms with van der Waals surface area (Å²) in [5.74, 6) is 0. The van der Waals surface area contributed by atoms with Crippen molar-refractivity contribution in [1.29, 1.82) is 0 Å². The van der Waals surface area contributed by atoms with Gasteiger partial charge in [0, 0.05) is 32.9 Å². The van der Waals surface area contributed by atoms with Gasteiger partial charge in [-0.1, -0.05) is 181 Å². The lowest BCUT2D eigenvalue weighted by molar-refractivity contribution is 0.744.